The summed E-state index contributed by atoms with van der Waals surface area (Å²) in [5, 5.41) is 0.393. The van der Waals surface area contributed by atoms with Crippen LogP contribution >= 0.6 is 11.6 Å². The number of hydrogen-bond acceptors (Lipinski definition) is 5. The van der Waals surface area contributed by atoms with Gasteiger partial charge in [-0.25, -0.2) is 15.0 Å². The molecule has 0 atom stereocenters. The third-order valence-corrected chi connectivity index (χ3v) is 5.17. The smallest absolute Gasteiger partial charge is 0.338 e. The molecule has 4 heterocycles. The molecule has 1 fully saturated rings. The Balaban J connectivity index is 1.45. The van der Waals surface area contributed by atoms with Gasteiger partial charge < -0.3 is 9.30 Å². The highest BCUT2D eigenvalue weighted by Gasteiger charge is 2.30. The molecule has 0 N–H and O–H groups in total. The molecule has 1 aliphatic rings. The molecular weight excluding hydrogens is 393 g/mol. The van der Waals surface area contributed by atoms with E-state index < -0.39 is 12.6 Å². The van der Waals surface area contributed by atoms with Crippen molar-refractivity contribution in [1.82, 2.24) is 24.3 Å². The van der Waals surface area contributed by atoms with Crippen molar-refractivity contribution >= 4 is 23.2 Å². The predicted molar refractivity (Wildman–Crippen MR) is 99.5 cm³/mol. The number of anilines is 1. The number of imidazole rings is 1. The van der Waals surface area contributed by atoms with Crippen LogP contribution in [0.15, 0.2) is 36.9 Å². The van der Waals surface area contributed by atoms with Crippen LogP contribution in [-0.4, -0.2) is 56.6 Å². The standard InChI is InChI=1S/C18H18ClF3N6/c19-15-13(2-5-28-14(10-18(20,21)22)11-25-16(15)28)12-26-6-8-27(9-7-26)17-23-3-1-4-24-17/h1-5,11H,6-10,12H2. The molecule has 1 aliphatic heterocycles. The van der Waals surface area contributed by atoms with E-state index >= 15 is 0 Å². The number of hydrogen-bond donors (Lipinski definition) is 0. The number of pyridine rings is 1. The van der Waals surface area contributed by atoms with Gasteiger partial charge in [-0.05, 0) is 17.7 Å². The Morgan fingerprint density at radius 1 is 1.04 bits per heavy atom. The Kier molecular flexibility index (Phi) is 5.11. The van der Waals surface area contributed by atoms with Crippen molar-refractivity contribution in [2.75, 3.05) is 31.1 Å². The molecule has 10 heteroatoms. The van der Waals surface area contributed by atoms with Crippen LogP contribution in [-0.2, 0) is 13.0 Å². The van der Waals surface area contributed by atoms with Crippen molar-refractivity contribution in [2.24, 2.45) is 0 Å². The van der Waals surface area contributed by atoms with Gasteiger partial charge in [0.2, 0.25) is 5.95 Å². The zero-order valence-corrected chi connectivity index (χ0v) is 15.7. The minimum Gasteiger partial charge on any atom is -0.338 e. The quantitative estimate of drug-likeness (QED) is 0.661. The van der Waals surface area contributed by atoms with Gasteiger partial charge in [-0.15, -0.1) is 0 Å². The first kappa shape index (κ1) is 18.9. The van der Waals surface area contributed by atoms with Gasteiger partial charge in [-0.1, -0.05) is 11.6 Å². The van der Waals surface area contributed by atoms with Crippen LogP contribution in [0.25, 0.3) is 5.65 Å². The lowest BCUT2D eigenvalue weighted by molar-refractivity contribution is -0.127. The van der Waals surface area contributed by atoms with Gasteiger partial charge in [0.25, 0.3) is 0 Å². The summed E-state index contributed by atoms with van der Waals surface area (Å²) < 4.78 is 39.5. The number of piperazine rings is 1. The lowest BCUT2D eigenvalue weighted by Crippen LogP contribution is -2.46. The molecule has 0 radical (unpaired) electrons. The third-order valence-electron chi connectivity index (χ3n) is 4.76. The van der Waals surface area contributed by atoms with Crippen LogP contribution in [0.3, 0.4) is 0 Å². The number of rotatable bonds is 4. The van der Waals surface area contributed by atoms with Gasteiger partial charge in [-0.3, -0.25) is 4.90 Å². The highest BCUT2D eigenvalue weighted by molar-refractivity contribution is 6.34. The van der Waals surface area contributed by atoms with Crippen molar-refractivity contribution < 1.29 is 13.2 Å². The van der Waals surface area contributed by atoms with Crippen LogP contribution in [0, 0.1) is 0 Å². The van der Waals surface area contributed by atoms with E-state index in [2.05, 4.69) is 24.8 Å². The molecule has 4 rings (SSSR count). The number of alkyl halides is 3. The van der Waals surface area contributed by atoms with Gasteiger partial charge in [0.15, 0.2) is 5.65 Å². The number of nitrogens with zero attached hydrogens (tertiary/aromatic N) is 6. The second kappa shape index (κ2) is 7.56. The minimum absolute atomic E-state index is 0.0763. The Bertz CT molecular complexity index is 951. The van der Waals surface area contributed by atoms with Crippen molar-refractivity contribution in [1.29, 1.82) is 0 Å². The number of fused-ring (bicyclic) bond motifs is 1. The zero-order chi connectivity index (χ0) is 19.7. The molecule has 28 heavy (non-hydrogen) atoms. The molecule has 0 aliphatic carbocycles. The minimum atomic E-state index is -4.29. The normalized spacial score (nSPS) is 16.1. The SMILES string of the molecule is FC(F)(F)Cc1cnc2c(Cl)c(CN3CCN(c4ncccn4)CC3)ccn12. The summed E-state index contributed by atoms with van der Waals surface area (Å²) in [5.74, 6) is 0.719. The average Bonchev–Trinajstić information content (AvgIpc) is 3.07. The van der Waals surface area contributed by atoms with Crippen LogP contribution < -0.4 is 4.90 Å². The van der Waals surface area contributed by atoms with Crippen molar-refractivity contribution in [3.05, 3.63) is 53.2 Å². The van der Waals surface area contributed by atoms with E-state index in [0.717, 1.165) is 37.7 Å². The fraction of sp³-hybridized carbons (Fsp3) is 0.389. The lowest BCUT2D eigenvalue weighted by atomic mass is 10.2. The molecule has 3 aromatic heterocycles. The maximum atomic E-state index is 12.7. The van der Waals surface area contributed by atoms with Crippen LogP contribution in [0.4, 0.5) is 19.1 Å². The molecule has 0 spiro atoms. The summed E-state index contributed by atoms with van der Waals surface area (Å²) in [7, 11) is 0. The monoisotopic (exact) mass is 410 g/mol. The summed E-state index contributed by atoms with van der Waals surface area (Å²) in [6, 6.07) is 3.55. The molecular formula is C18H18ClF3N6. The molecule has 0 amide bonds. The van der Waals surface area contributed by atoms with Crippen molar-refractivity contribution in [3.8, 4) is 0 Å². The van der Waals surface area contributed by atoms with E-state index in [1.165, 1.54) is 10.6 Å². The van der Waals surface area contributed by atoms with Gasteiger partial charge in [-0.2, -0.15) is 13.2 Å². The van der Waals surface area contributed by atoms with Crippen LogP contribution in [0.2, 0.25) is 5.02 Å². The molecule has 0 aromatic carbocycles. The van der Waals surface area contributed by atoms with Crippen LogP contribution in [0.5, 0.6) is 0 Å². The first-order valence-electron chi connectivity index (χ1n) is 8.85. The number of halogens is 4. The predicted octanol–water partition coefficient (Wildman–Crippen LogP) is 3.20. The largest absolute Gasteiger partial charge is 0.394 e. The topological polar surface area (TPSA) is 49.6 Å². The fourth-order valence-corrected chi connectivity index (χ4v) is 3.63. The Morgan fingerprint density at radius 3 is 2.43 bits per heavy atom. The Hall–Kier alpha value is -2.39. The first-order chi connectivity index (χ1) is 13.4. The van der Waals surface area contributed by atoms with Crippen molar-refractivity contribution in [2.45, 2.75) is 19.1 Å². The molecule has 0 bridgehead atoms. The van der Waals surface area contributed by atoms with Gasteiger partial charge in [0, 0.05) is 57.5 Å². The highest BCUT2D eigenvalue weighted by atomic mass is 35.5. The average molecular weight is 411 g/mol. The van der Waals surface area contributed by atoms with E-state index in [4.69, 9.17) is 11.6 Å². The highest BCUT2D eigenvalue weighted by Crippen LogP contribution is 2.27. The summed E-state index contributed by atoms with van der Waals surface area (Å²) in [5.41, 5.74) is 1.28. The van der Waals surface area contributed by atoms with Gasteiger partial charge >= 0.3 is 6.18 Å². The van der Waals surface area contributed by atoms with Crippen LogP contribution in [0.1, 0.15) is 11.3 Å². The molecule has 0 saturated carbocycles. The first-order valence-corrected chi connectivity index (χ1v) is 9.23. The maximum Gasteiger partial charge on any atom is 0.394 e. The third kappa shape index (κ3) is 4.05. The Labute approximate surface area is 164 Å². The van der Waals surface area contributed by atoms with Gasteiger partial charge in [0.1, 0.15) is 0 Å². The molecule has 3 aromatic rings. The maximum absolute atomic E-state index is 12.7. The van der Waals surface area contributed by atoms with Gasteiger partial charge in [0.05, 0.1) is 17.1 Å². The van der Waals surface area contributed by atoms with E-state index in [0.29, 0.717) is 17.2 Å². The summed E-state index contributed by atoms with van der Waals surface area (Å²) in [6.07, 6.45) is 0.967. The lowest BCUT2D eigenvalue weighted by Gasteiger charge is -2.34. The molecule has 0 unspecified atom stereocenters. The number of aromatic nitrogens is 4. The summed E-state index contributed by atoms with van der Waals surface area (Å²) in [6.45, 7) is 3.83. The van der Waals surface area contributed by atoms with E-state index in [1.54, 1.807) is 30.7 Å². The molecule has 148 valence electrons. The van der Waals surface area contributed by atoms with Crippen molar-refractivity contribution in [3.63, 3.8) is 0 Å². The fourth-order valence-electron chi connectivity index (χ4n) is 3.37. The zero-order valence-electron chi connectivity index (χ0n) is 14.9. The summed E-state index contributed by atoms with van der Waals surface area (Å²) in [4.78, 5) is 17.0. The Morgan fingerprint density at radius 2 is 1.75 bits per heavy atom. The van der Waals surface area contributed by atoms with E-state index in [9.17, 15) is 13.2 Å². The second-order valence-electron chi connectivity index (χ2n) is 6.70. The summed E-state index contributed by atoms with van der Waals surface area (Å²) >= 11 is 6.45. The molecule has 1 saturated heterocycles. The van der Waals surface area contributed by atoms with E-state index in [1.807, 2.05) is 0 Å². The second-order valence-corrected chi connectivity index (χ2v) is 7.08. The van der Waals surface area contributed by atoms with E-state index in [-0.39, 0.29) is 5.69 Å². The molecule has 6 nitrogen and oxygen atoms in total.